The Labute approximate surface area is 95.2 Å². The minimum atomic E-state index is -2.76. The highest BCUT2D eigenvalue weighted by molar-refractivity contribution is 6.30. The summed E-state index contributed by atoms with van der Waals surface area (Å²) >= 11 is 5.62. The quantitative estimate of drug-likeness (QED) is 0.659. The molecule has 0 saturated carbocycles. The van der Waals surface area contributed by atoms with Gasteiger partial charge in [0.25, 0.3) is 5.69 Å². The van der Waals surface area contributed by atoms with E-state index in [0.717, 1.165) is 12.1 Å². The molecule has 0 aliphatic carbocycles. The predicted octanol–water partition coefficient (Wildman–Crippen LogP) is 2.56. The van der Waals surface area contributed by atoms with Gasteiger partial charge in [0.15, 0.2) is 0 Å². The Kier molecular flexibility index (Phi) is 4.14. The van der Waals surface area contributed by atoms with E-state index in [4.69, 9.17) is 17.3 Å². The standard InChI is InChI=1S/C9H9ClF2N2O2/c10-5-1-2-8(14(15)16)6(3-5)7(4-13)9(11)12/h1-3,7,9H,4,13H2. The van der Waals surface area contributed by atoms with Crippen LogP contribution < -0.4 is 5.73 Å². The van der Waals surface area contributed by atoms with Gasteiger partial charge >= 0.3 is 0 Å². The molecule has 0 radical (unpaired) electrons. The molecule has 0 bridgehead atoms. The Morgan fingerprint density at radius 3 is 2.56 bits per heavy atom. The number of nitro benzene ring substituents is 1. The molecule has 0 saturated heterocycles. The summed E-state index contributed by atoms with van der Waals surface area (Å²) in [6.07, 6.45) is -2.76. The summed E-state index contributed by atoms with van der Waals surface area (Å²) in [6, 6.07) is 3.54. The highest BCUT2D eigenvalue weighted by Crippen LogP contribution is 2.32. The molecule has 0 amide bonds. The first-order valence-corrected chi connectivity index (χ1v) is 4.77. The third-order valence-corrected chi connectivity index (χ3v) is 2.38. The van der Waals surface area contributed by atoms with Crippen LogP contribution in [-0.2, 0) is 0 Å². The Bertz CT molecular complexity index is 401. The van der Waals surface area contributed by atoms with E-state index in [-0.39, 0.29) is 22.8 Å². The summed E-state index contributed by atoms with van der Waals surface area (Å²) in [5.41, 5.74) is 4.66. The number of hydrogen-bond acceptors (Lipinski definition) is 3. The van der Waals surface area contributed by atoms with Crippen molar-refractivity contribution in [1.82, 2.24) is 0 Å². The molecule has 7 heteroatoms. The maximum Gasteiger partial charge on any atom is 0.273 e. The summed E-state index contributed by atoms with van der Waals surface area (Å²) in [5, 5.41) is 10.8. The highest BCUT2D eigenvalue weighted by atomic mass is 35.5. The van der Waals surface area contributed by atoms with Crippen LogP contribution in [0.2, 0.25) is 5.02 Å². The summed E-state index contributed by atoms with van der Waals surface area (Å²) < 4.78 is 25.2. The number of hydrogen-bond donors (Lipinski definition) is 1. The second kappa shape index (κ2) is 5.18. The number of nitrogens with zero attached hydrogens (tertiary/aromatic N) is 1. The van der Waals surface area contributed by atoms with Crippen molar-refractivity contribution in [2.24, 2.45) is 5.73 Å². The normalized spacial score (nSPS) is 12.8. The zero-order valence-corrected chi connectivity index (χ0v) is 8.82. The summed E-state index contributed by atoms with van der Waals surface area (Å²) in [6.45, 7) is -0.376. The molecule has 1 rings (SSSR count). The topological polar surface area (TPSA) is 69.2 Å². The molecule has 2 N–H and O–H groups in total. The van der Waals surface area contributed by atoms with Crippen LogP contribution >= 0.6 is 11.6 Å². The molecule has 16 heavy (non-hydrogen) atoms. The van der Waals surface area contributed by atoms with E-state index >= 15 is 0 Å². The van der Waals surface area contributed by atoms with Gasteiger partial charge in [-0.05, 0) is 12.1 Å². The minimum absolute atomic E-state index is 0.130. The number of benzene rings is 1. The molecule has 0 aliphatic heterocycles. The lowest BCUT2D eigenvalue weighted by molar-refractivity contribution is -0.385. The van der Waals surface area contributed by atoms with Crippen molar-refractivity contribution >= 4 is 17.3 Å². The SMILES string of the molecule is NCC(c1cc(Cl)ccc1[N+](=O)[O-])C(F)F. The molecule has 0 heterocycles. The first-order chi connectivity index (χ1) is 7.47. The summed E-state index contributed by atoms with van der Waals surface area (Å²) in [4.78, 5) is 9.93. The van der Waals surface area contributed by atoms with Crippen molar-refractivity contribution in [2.45, 2.75) is 12.3 Å². The smallest absolute Gasteiger partial charge is 0.273 e. The molecule has 4 nitrogen and oxygen atoms in total. The van der Waals surface area contributed by atoms with Crippen LogP contribution in [0.5, 0.6) is 0 Å². The molecule has 0 aromatic heterocycles. The average molecular weight is 251 g/mol. The van der Waals surface area contributed by atoms with Crippen LogP contribution in [0, 0.1) is 10.1 Å². The van der Waals surface area contributed by atoms with Gasteiger partial charge in [-0.15, -0.1) is 0 Å². The molecule has 1 aromatic carbocycles. The molecule has 0 spiro atoms. The third kappa shape index (κ3) is 2.65. The summed E-state index contributed by atoms with van der Waals surface area (Å²) in [7, 11) is 0. The second-order valence-electron chi connectivity index (χ2n) is 3.14. The minimum Gasteiger partial charge on any atom is -0.330 e. The van der Waals surface area contributed by atoms with Crippen LogP contribution in [0.3, 0.4) is 0 Å². The van der Waals surface area contributed by atoms with Crippen LogP contribution in [0.4, 0.5) is 14.5 Å². The Balaban J connectivity index is 3.27. The van der Waals surface area contributed by atoms with Gasteiger partial charge in [-0.2, -0.15) is 0 Å². The van der Waals surface area contributed by atoms with Crippen molar-refractivity contribution in [3.05, 3.63) is 38.9 Å². The summed E-state index contributed by atoms with van der Waals surface area (Å²) in [5.74, 6) is -1.38. The van der Waals surface area contributed by atoms with Gasteiger partial charge in [0.05, 0.1) is 10.8 Å². The van der Waals surface area contributed by atoms with Gasteiger partial charge in [-0.25, -0.2) is 8.78 Å². The number of rotatable bonds is 4. The zero-order chi connectivity index (χ0) is 12.3. The molecule has 1 unspecified atom stereocenters. The van der Waals surface area contributed by atoms with Crippen LogP contribution in [0.15, 0.2) is 18.2 Å². The predicted molar refractivity (Wildman–Crippen MR) is 55.9 cm³/mol. The van der Waals surface area contributed by atoms with Crippen molar-refractivity contribution in [3.8, 4) is 0 Å². The first-order valence-electron chi connectivity index (χ1n) is 4.39. The Morgan fingerprint density at radius 1 is 1.50 bits per heavy atom. The lowest BCUT2D eigenvalue weighted by Gasteiger charge is -2.14. The van der Waals surface area contributed by atoms with Crippen molar-refractivity contribution < 1.29 is 13.7 Å². The monoisotopic (exact) mass is 250 g/mol. The highest BCUT2D eigenvalue weighted by Gasteiger charge is 2.28. The van der Waals surface area contributed by atoms with Crippen molar-refractivity contribution in [2.75, 3.05) is 6.54 Å². The zero-order valence-electron chi connectivity index (χ0n) is 8.07. The molecular formula is C9H9ClF2N2O2. The number of halogens is 3. The Hall–Kier alpha value is -1.27. The van der Waals surface area contributed by atoms with Crippen LogP contribution in [0.1, 0.15) is 11.5 Å². The van der Waals surface area contributed by atoms with E-state index in [0.29, 0.717) is 0 Å². The van der Waals surface area contributed by atoms with E-state index in [2.05, 4.69) is 0 Å². The van der Waals surface area contributed by atoms with Crippen LogP contribution in [0.25, 0.3) is 0 Å². The van der Waals surface area contributed by atoms with E-state index in [1.54, 1.807) is 0 Å². The Morgan fingerprint density at radius 2 is 2.12 bits per heavy atom. The average Bonchev–Trinajstić information content (AvgIpc) is 2.17. The van der Waals surface area contributed by atoms with E-state index < -0.39 is 17.3 Å². The largest absolute Gasteiger partial charge is 0.330 e. The number of nitrogens with two attached hydrogens (primary N) is 1. The van der Waals surface area contributed by atoms with Gasteiger partial charge < -0.3 is 5.73 Å². The number of nitro groups is 1. The molecular weight excluding hydrogens is 242 g/mol. The van der Waals surface area contributed by atoms with Crippen LogP contribution in [-0.4, -0.2) is 17.9 Å². The third-order valence-electron chi connectivity index (χ3n) is 2.14. The second-order valence-corrected chi connectivity index (χ2v) is 3.57. The van der Waals surface area contributed by atoms with Gasteiger partial charge in [-0.1, -0.05) is 11.6 Å². The van der Waals surface area contributed by atoms with Crippen molar-refractivity contribution in [3.63, 3.8) is 0 Å². The van der Waals surface area contributed by atoms with Crippen molar-refractivity contribution in [1.29, 1.82) is 0 Å². The first kappa shape index (κ1) is 12.8. The molecule has 0 aliphatic rings. The van der Waals surface area contributed by atoms with E-state index in [1.807, 2.05) is 0 Å². The van der Waals surface area contributed by atoms with E-state index in [9.17, 15) is 18.9 Å². The molecule has 88 valence electrons. The fraction of sp³-hybridized carbons (Fsp3) is 0.333. The maximum absolute atomic E-state index is 12.6. The van der Waals surface area contributed by atoms with Gasteiger partial charge in [-0.3, -0.25) is 10.1 Å². The van der Waals surface area contributed by atoms with Gasteiger partial charge in [0.2, 0.25) is 6.43 Å². The fourth-order valence-corrected chi connectivity index (χ4v) is 1.53. The molecule has 0 fully saturated rings. The van der Waals surface area contributed by atoms with Gasteiger partial charge in [0, 0.05) is 23.2 Å². The molecule has 1 aromatic rings. The maximum atomic E-state index is 12.6. The lowest BCUT2D eigenvalue weighted by atomic mass is 9.98. The number of alkyl halides is 2. The molecule has 1 atom stereocenters. The van der Waals surface area contributed by atoms with Gasteiger partial charge in [0.1, 0.15) is 0 Å². The van der Waals surface area contributed by atoms with E-state index in [1.165, 1.54) is 6.07 Å². The lowest BCUT2D eigenvalue weighted by Crippen LogP contribution is -2.20. The fourth-order valence-electron chi connectivity index (χ4n) is 1.35.